The second-order valence-electron chi connectivity index (χ2n) is 6.26. The second-order valence-corrected chi connectivity index (χ2v) is 6.67. The second kappa shape index (κ2) is 8.26. The Hall–Kier alpha value is -2.80. The molecule has 7 nitrogen and oxygen atoms in total. The van der Waals surface area contributed by atoms with Gasteiger partial charge < -0.3 is 20.1 Å². The average molecular weight is 390 g/mol. The van der Waals surface area contributed by atoms with Gasteiger partial charge >= 0.3 is 0 Å². The van der Waals surface area contributed by atoms with Gasteiger partial charge in [-0.3, -0.25) is 14.6 Å². The van der Waals surface area contributed by atoms with E-state index in [-0.39, 0.29) is 35.1 Å². The van der Waals surface area contributed by atoms with Gasteiger partial charge in [0.2, 0.25) is 0 Å². The summed E-state index contributed by atoms with van der Waals surface area (Å²) >= 11 is 6.26. The van der Waals surface area contributed by atoms with Crippen LogP contribution in [0.25, 0.3) is 0 Å². The van der Waals surface area contributed by atoms with Crippen molar-refractivity contribution in [2.24, 2.45) is 5.73 Å². The summed E-state index contributed by atoms with van der Waals surface area (Å²) in [5, 5.41) is 0.179. The van der Waals surface area contributed by atoms with Crippen molar-refractivity contribution in [2.75, 3.05) is 13.7 Å². The Morgan fingerprint density at radius 3 is 2.59 bits per heavy atom. The summed E-state index contributed by atoms with van der Waals surface area (Å²) in [5.41, 5.74) is 6.50. The molecule has 0 radical (unpaired) electrons. The lowest BCUT2D eigenvalue weighted by Gasteiger charge is -2.23. The molecule has 1 heterocycles. The van der Waals surface area contributed by atoms with E-state index in [9.17, 15) is 9.59 Å². The van der Waals surface area contributed by atoms with Crippen molar-refractivity contribution >= 4 is 23.4 Å². The third kappa shape index (κ3) is 4.68. The van der Waals surface area contributed by atoms with Crippen molar-refractivity contribution in [1.29, 1.82) is 0 Å². The predicted octanol–water partition coefficient (Wildman–Crippen LogP) is 2.41. The minimum absolute atomic E-state index is 0.143. The number of methoxy groups -OCH3 is 1. The molecule has 0 aliphatic heterocycles. The molecule has 1 fully saturated rings. The summed E-state index contributed by atoms with van der Waals surface area (Å²) in [7, 11) is 1.44. The fourth-order valence-electron chi connectivity index (χ4n) is 2.73. The number of pyridine rings is 1. The van der Waals surface area contributed by atoms with E-state index in [1.807, 2.05) is 17.0 Å². The van der Waals surface area contributed by atoms with Gasteiger partial charge in [0.25, 0.3) is 11.8 Å². The molecule has 27 heavy (non-hydrogen) atoms. The van der Waals surface area contributed by atoms with Gasteiger partial charge in [-0.05, 0) is 42.7 Å². The van der Waals surface area contributed by atoms with Crippen LogP contribution in [0.5, 0.6) is 11.5 Å². The normalized spacial score (nSPS) is 13.1. The molecule has 142 valence electrons. The van der Waals surface area contributed by atoms with Crippen LogP contribution in [-0.4, -0.2) is 41.5 Å². The Morgan fingerprint density at radius 1 is 1.30 bits per heavy atom. The molecule has 1 aromatic carbocycles. The van der Waals surface area contributed by atoms with Gasteiger partial charge in [0.15, 0.2) is 18.1 Å². The van der Waals surface area contributed by atoms with E-state index in [2.05, 4.69) is 4.98 Å². The molecule has 0 unspecified atom stereocenters. The van der Waals surface area contributed by atoms with Gasteiger partial charge in [-0.15, -0.1) is 0 Å². The maximum Gasteiger partial charge on any atom is 0.255 e. The number of benzene rings is 1. The van der Waals surface area contributed by atoms with Crippen LogP contribution in [0.2, 0.25) is 5.02 Å². The van der Waals surface area contributed by atoms with Gasteiger partial charge in [0.05, 0.1) is 12.1 Å². The molecule has 0 bridgehead atoms. The Kier molecular flexibility index (Phi) is 5.81. The number of carbonyl (C=O) groups is 2. The van der Waals surface area contributed by atoms with E-state index < -0.39 is 5.91 Å². The van der Waals surface area contributed by atoms with Crippen molar-refractivity contribution in [3.63, 3.8) is 0 Å². The van der Waals surface area contributed by atoms with E-state index in [4.69, 9.17) is 26.8 Å². The molecule has 0 saturated heterocycles. The smallest absolute Gasteiger partial charge is 0.255 e. The first-order chi connectivity index (χ1) is 13.0. The Labute approximate surface area is 162 Å². The third-order valence-electron chi connectivity index (χ3n) is 4.19. The number of primary amides is 1. The molecule has 1 aromatic heterocycles. The van der Waals surface area contributed by atoms with Crippen LogP contribution in [-0.2, 0) is 11.3 Å². The van der Waals surface area contributed by atoms with E-state index >= 15 is 0 Å². The average Bonchev–Trinajstić information content (AvgIpc) is 3.49. The zero-order valence-corrected chi connectivity index (χ0v) is 15.6. The fourth-order valence-corrected chi connectivity index (χ4v) is 3.00. The van der Waals surface area contributed by atoms with Crippen LogP contribution >= 0.6 is 11.6 Å². The number of aromatic nitrogens is 1. The quantitative estimate of drug-likeness (QED) is 0.748. The zero-order chi connectivity index (χ0) is 19.4. The summed E-state index contributed by atoms with van der Waals surface area (Å²) in [6.45, 7) is 0.158. The van der Waals surface area contributed by atoms with Crippen molar-refractivity contribution in [1.82, 2.24) is 9.88 Å². The summed E-state index contributed by atoms with van der Waals surface area (Å²) in [5.74, 6) is -0.324. The van der Waals surface area contributed by atoms with Crippen LogP contribution in [0, 0.1) is 0 Å². The van der Waals surface area contributed by atoms with Crippen LogP contribution in [0.3, 0.4) is 0 Å². The monoisotopic (exact) mass is 389 g/mol. The molecule has 3 rings (SSSR count). The third-order valence-corrected chi connectivity index (χ3v) is 4.47. The summed E-state index contributed by atoms with van der Waals surface area (Å²) in [6, 6.07) is 7.06. The number of hydrogen-bond donors (Lipinski definition) is 1. The minimum Gasteiger partial charge on any atom is -0.493 e. The van der Waals surface area contributed by atoms with Crippen LogP contribution in [0.15, 0.2) is 36.7 Å². The van der Waals surface area contributed by atoms with Crippen molar-refractivity contribution in [3.8, 4) is 11.5 Å². The summed E-state index contributed by atoms with van der Waals surface area (Å²) < 4.78 is 10.6. The first-order valence-corrected chi connectivity index (χ1v) is 8.86. The van der Waals surface area contributed by atoms with Gasteiger partial charge in [-0.1, -0.05) is 11.6 Å². The number of carbonyl (C=O) groups excluding carboxylic acids is 2. The van der Waals surface area contributed by atoms with Crippen molar-refractivity contribution in [2.45, 2.75) is 25.4 Å². The molecule has 1 aliphatic rings. The first-order valence-electron chi connectivity index (χ1n) is 8.48. The van der Waals surface area contributed by atoms with Crippen LogP contribution in [0.4, 0.5) is 0 Å². The van der Waals surface area contributed by atoms with Gasteiger partial charge in [0, 0.05) is 30.5 Å². The molecule has 8 heteroatoms. The molecule has 1 aliphatic carbocycles. The lowest BCUT2D eigenvalue weighted by atomic mass is 10.1. The Morgan fingerprint density at radius 2 is 2.00 bits per heavy atom. The summed E-state index contributed by atoms with van der Waals surface area (Å²) in [4.78, 5) is 29.9. The highest BCUT2D eigenvalue weighted by atomic mass is 35.5. The Balaban J connectivity index is 1.86. The Bertz CT molecular complexity index is 840. The molecule has 2 N–H and O–H groups in total. The summed E-state index contributed by atoms with van der Waals surface area (Å²) in [6.07, 6.45) is 5.36. The zero-order valence-electron chi connectivity index (χ0n) is 14.9. The van der Waals surface area contributed by atoms with Gasteiger partial charge in [-0.25, -0.2) is 0 Å². The van der Waals surface area contributed by atoms with E-state index in [1.54, 1.807) is 18.5 Å². The fraction of sp³-hybridized carbons (Fsp3) is 0.316. The lowest BCUT2D eigenvalue weighted by Crippen LogP contribution is -2.32. The van der Waals surface area contributed by atoms with Crippen molar-refractivity contribution in [3.05, 3.63) is 52.8 Å². The van der Waals surface area contributed by atoms with Crippen LogP contribution in [0.1, 0.15) is 28.8 Å². The van der Waals surface area contributed by atoms with E-state index in [1.165, 1.54) is 13.2 Å². The minimum atomic E-state index is -0.634. The lowest BCUT2D eigenvalue weighted by molar-refractivity contribution is -0.119. The molecule has 1 saturated carbocycles. The standard InChI is InChI=1S/C19H20ClN3O4/c1-26-16-9-13(8-15(20)18(16)27-11-17(21)24)19(25)23(14-2-3-14)10-12-4-6-22-7-5-12/h4-9,14H,2-3,10-11H2,1H3,(H2,21,24). The van der Waals surface area contributed by atoms with Crippen molar-refractivity contribution < 1.29 is 19.1 Å². The molecular weight excluding hydrogens is 370 g/mol. The molecular formula is C19H20ClN3O4. The molecule has 0 atom stereocenters. The maximum absolute atomic E-state index is 13.1. The SMILES string of the molecule is COc1cc(C(=O)N(Cc2ccncc2)C2CC2)cc(Cl)c1OCC(N)=O. The highest BCUT2D eigenvalue weighted by Crippen LogP contribution is 2.38. The predicted molar refractivity (Wildman–Crippen MR) is 99.8 cm³/mol. The molecule has 0 spiro atoms. The van der Waals surface area contributed by atoms with Gasteiger partial charge in [0.1, 0.15) is 0 Å². The van der Waals surface area contributed by atoms with E-state index in [0.29, 0.717) is 12.1 Å². The van der Waals surface area contributed by atoms with Crippen LogP contribution < -0.4 is 15.2 Å². The molecule has 2 amide bonds. The van der Waals surface area contributed by atoms with E-state index in [0.717, 1.165) is 18.4 Å². The number of nitrogens with zero attached hydrogens (tertiary/aromatic N) is 2. The highest BCUT2D eigenvalue weighted by molar-refractivity contribution is 6.32. The highest BCUT2D eigenvalue weighted by Gasteiger charge is 2.33. The number of hydrogen-bond acceptors (Lipinski definition) is 5. The number of halogens is 1. The number of nitrogens with two attached hydrogens (primary N) is 1. The maximum atomic E-state index is 13.1. The number of rotatable bonds is 8. The molecule has 2 aromatic rings. The number of ether oxygens (including phenoxy) is 2. The topological polar surface area (TPSA) is 94.8 Å². The largest absolute Gasteiger partial charge is 0.493 e. The number of amides is 2. The van der Waals surface area contributed by atoms with Gasteiger partial charge in [-0.2, -0.15) is 0 Å². The first kappa shape index (κ1) is 19.0.